The molecule has 0 radical (unpaired) electrons. The number of amides is 1. The first-order chi connectivity index (χ1) is 12.5. The number of carbonyl (C=O) groups excluding carboxylic acids is 1. The molecule has 6 heteroatoms. The number of quaternary nitrogens is 1. The number of para-hydroxylation sites is 2. The van der Waals surface area contributed by atoms with Gasteiger partial charge in [-0.15, -0.1) is 0 Å². The van der Waals surface area contributed by atoms with Crippen LogP contribution < -0.4 is 16.0 Å². The Morgan fingerprint density at radius 2 is 1.77 bits per heavy atom. The molecule has 1 aromatic heterocycles. The average molecular weight is 354 g/mol. The summed E-state index contributed by atoms with van der Waals surface area (Å²) in [6.07, 6.45) is 0.228. The van der Waals surface area contributed by atoms with Crippen LogP contribution in [0, 0.1) is 0 Å². The van der Waals surface area contributed by atoms with E-state index in [4.69, 9.17) is 4.42 Å². The Labute approximate surface area is 152 Å². The Balaban J connectivity index is 1.53. The van der Waals surface area contributed by atoms with Gasteiger partial charge in [-0.25, -0.2) is 4.79 Å². The predicted octanol–water partition coefficient (Wildman–Crippen LogP) is 0.946. The van der Waals surface area contributed by atoms with Gasteiger partial charge in [0.05, 0.1) is 19.6 Å². The molecule has 1 amide bonds. The Morgan fingerprint density at radius 3 is 2.50 bits per heavy atom. The number of aromatic nitrogens is 1. The van der Waals surface area contributed by atoms with E-state index in [9.17, 15) is 9.59 Å². The minimum Gasteiger partial charge on any atom is -0.408 e. The zero-order valence-corrected chi connectivity index (χ0v) is 15.1. The molecule has 0 fully saturated rings. The first-order valence-electron chi connectivity index (χ1n) is 8.75. The van der Waals surface area contributed by atoms with E-state index >= 15 is 0 Å². The van der Waals surface area contributed by atoms with Gasteiger partial charge in [-0.1, -0.05) is 36.4 Å². The highest BCUT2D eigenvalue weighted by Crippen LogP contribution is 2.12. The van der Waals surface area contributed by atoms with Crippen molar-refractivity contribution in [3.63, 3.8) is 0 Å². The molecule has 0 unspecified atom stereocenters. The number of hydrogen-bond donors (Lipinski definition) is 2. The van der Waals surface area contributed by atoms with Crippen molar-refractivity contribution in [2.45, 2.75) is 26.1 Å². The fourth-order valence-electron chi connectivity index (χ4n) is 2.91. The van der Waals surface area contributed by atoms with Gasteiger partial charge in [-0.2, -0.15) is 0 Å². The zero-order valence-electron chi connectivity index (χ0n) is 15.1. The second-order valence-electron chi connectivity index (χ2n) is 6.71. The molecule has 136 valence electrons. The van der Waals surface area contributed by atoms with E-state index in [0.717, 1.165) is 12.1 Å². The highest BCUT2D eigenvalue weighted by atomic mass is 16.4. The van der Waals surface area contributed by atoms with Crippen molar-refractivity contribution in [3.05, 3.63) is 70.2 Å². The highest BCUT2D eigenvalue weighted by Gasteiger charge is 2.10. The van der Waals surface area contributed by atoms with Crippen molar-refractivity contribution in [3.8, 4) is 0 Å². The van der Waals surface area contributed by atoms with Gasteiger partial charge in [0.15, 0.2) is 5.58 Å². The summed E-state index contributed by atoms with van der Waals surface area (Å²) in [6.45, 7) is 1.75. The van der Waals surface area contributed by atoms with Crippen LogP contribution in [-0.2, 0) is 24.4 Å². The van der Waals surface area contributed by atoms with Crippen molar-refractivity contribution >= 4 is 17.0 Å². The predicted molar refractivity (Wildman–Crippen MR) is 99.9 cm³/mol. The van der Waals surface area contributed by atoms with Crippen LogP contribution in [0.5, 0.6) is 0 Å². The van der Waals surface area contributed by atoms with Crippen molar-refractivity contribution in [1.29, 1.82) is 0 Å². The van der Waals surface area contributed by atoms with Gasteiger partial charge < -0.3 is 14.6 Å². The standard InChI is InChI=1S/C20H23N3O3/c1-22(2)14-16-9-7-15(8-10-16)13-21-19(24)11-12-23-17-5-3-4-6-18(17)26-20(23)25/h3-10H,11-14H2,1-2H3,(H,21,24)/p+1. The van der Waals surface area contributed by atoms with Crippen molar-refractivity contribution in [1.82, 2.24) is 9.88 Å². The smallest absolute Gasteiger partial charge is 0.408 e. The largest absolute Gasteiger partial charge is 0.419 e. The van der Waals surface area contributed by atoms with E-state index in [1.165, 1.54) is 15.0 Å². The van der Waals surface area contributed by atoms with Crippen LogP contribution in [0.15, 0.2) is 57.7 Å². The summed E-state index contributed by atoms with van der Waals surface area (Å²) < 4.78 is 6.67. The third kappa shape index (κ3) is 4.40. The maximum atomic E-state index is 12.1. The van der Waals surface area contributed by atoms with Gasteiger partial charge in [0.25, 0.3) is 0 Å². The maximum absolute atomic E-state index is 12.1. The fourth-order valence-corrected chi connectivity index (χ4v) is 2.91. The van der Waals surface area contributed by atoms with Gasteiger partial charge in [-0.3, -0.25) is 9.36 Å². The van der Waals surface area contributed by atoms with Crippen LogP contribution in [0.1, 0.15) is 17.5 Å². The average Bonchev–Trinajstić information content (AvgIpc) is 2.94. The van der Waals surface area contributed by atoms with Crippen LogP contribution in [-0.4, -0.2) is 24.6 Å². The minimum atomic E-state index is -0.433. The van der Waals surface area contributed by atoms with Gasteiger partial charge >= 0.3 is 5.76 Å². The summed E-state index contributed by atoms with van der Waals surface area (Å²) in [5, 5.41) is 2.90. The minimum absolute atomic E-state index is 0.0935. The Kier molecular flexibility index (Phi) is 5.53. The Hall–Kier alpha value is -2.86. The Morgan fingerprint density at radius 1 is 1.08 bits per heavy atom. The number of carbonyl (C=O) groups is 1. The van der Waals surface area contributed by atoms with Gasteiger partial charge in [0.1, 0.15) is 6.54 Å². The number of oxazole rings is 1. The molecule has 3 rings (SSSR count). The molecule has 0 saturated carbocycles. The van der Waals surface area contributed by atoms with E-state index in [-0.39, 0.29) is 12.3 Å². The molecule has 2 aromatic carbocycles. The Bertz CT molecular complexity index is 939. The number of nitrogens with one attached hydrogen (secondary N) is 2. The molecule has 0 saturated heterocycles. The topological polar surface area (TPSA) is 68.7 Å². The normalized spacial score (nSPS) is 11.2. The van der Waals surface area contributed by atoms with Crippen LogP contribution in [0.25, 0.3) is 11.1 Å². The molecule has 3 aromatic rings. The third-order valence-corrected chi connectivity index (χ3v) is 4.21. The molecule has 0 atom stereocenters. The molecule has 1 heterocycles. The molecular weight excluding hydrogens is 330 g/mol. The first-order valence-corrected chi connectivity index (χ1v) is 8.75. The molecule has 26 heavy (non-hydrogen) atoms. The lowest BCUT2D eigenvalue weighted by molar-refractivity contribution is -0.872. The fraction of sp³-hybridized carbons (Fsp3) is 0.300. The summed E-state index contributed by atoms with van der Waals surface area (Å²) in [5.74, 6) is -0.526. The number of benzene rings is 2. The van der Waals surface area contributed by atoms with Crippen LogP contribution >= 0.6 is 0 Å². The second-order valence-corrected chi connectivity index (χ2v) is 6.71. The summed E-state index contributed by atoms with van der Waals surface area (Å²) in [4.78, 5) is 25.4. The summed E-state index contributed by atoms with van der Waals surface area (Å²) >= 11 is 0. The van der Waals surface area contributed by atoms with Crippen LogP contribution in [0.3, 0.4) is 0 Å². The lowest BCUT2D eigenvalue weighted by atomic mass is 10.1. The molecule has 2 N–H and O–H groups in total. The van der Waals surface area contributed by atoms with E-state index in [1.807, 2.05) is 30.3 Å². The lowest BCUT2D eigenvalue weighted by Crippen LogP contribution is -3.04. The van der Waals surface area contributed by atoms with E-state index in [0.29, 0.717) is 24.2 Å². The van der Waals surface area contributed by atoms with Crippen LogP contribution in [0.4, 0.5) is 0 Å². The van der Waals surface area contributed by atoms with E-state index in [2.05, 4.69) is 31.5 Å². The molecule has 0 aliphatic rings. The monoisotopic (exact) mass is 354 g/mol. The first kappa shape index (κ1) is 17.9. The highest BCUT2D eigenvalue weighted by molar-refractivity contribution is 5.76. The molecular formula is C20H24N3O3+. The van der Waals surface area contributed by atoms with Crippen molar-refractivity contribution in [2.75, 3.05) is 14.1 Å². The SMILES string of the molecule is C[NH+](C)Cc1ccc(CNC(=O)CCn2c(=O)oc3ccccc32)cc1. The number of rotatable bonds is 7. The van der Waals surface area contributed by atoms with Gasteiger partial charge in [0.2, 0.25) is 5.91 Å². The quantitative estimate of drug-likeness (QED) is 0.664. The summed E-state index contributed by atoms with van der Waals surface area (Å²) in [7, 11) is 4.23. The molecule has 0 bridgehead atoms. The van der Waals surface area contributed by atoms with Crippen molar-refractivity contribution in [2.24, 2.45) is 0 Å². The maximum Gasteiger partial charge on any atom is 0.419 e. The molecule has 0 aliphatic carbocycles. The summed E-state index contributed by atoms with van der Waals surface area (Å²) in [6, 6.07) is 15.5. The van der Waals surface area contributed by atoms with E-state index < -0.39 is 5.76 Å². The van der Waals surface area contributed by atoms with E-state index in [1.54, 1.807) is 6.07 Å². The third-order valence-electron chi connectivity index (χ3n) is 4.21. The lowest BCUT2D eigenvalue weighted by Gasteiger charge is -2.09. The number of hydrogen-bond acceptors (Lipinski definition) is 3. The van der Waals surface area contributed by atoms with Gasteiger partial charge in [-0.05, 0) is 17.7 Å². The van der Waals surface area contributed by atoms with Crippen LogP contribution in [0.2, 0.25) is 0 Å². The molecule has 0 aliphatic heterocycles. The zero-order chi connectivity index (χ0) is 18.5. The number of fused-ring (bicyclic) bond motifs is 1. The number of aryl methyl sites for hydroxylation is 1. The molecule has 6 nitrogen and oxygen atoms in total. The van der Waals surface area contributed by atoms with Gasteiger partial charge in [0, 0.05) is 25.1 Å². The number of nitrogens with zero attached hydrogens (tertiary/aromatic N) is 1. The van der Waals surface area contributed by atoms with Crippen molar-refractivity contribution < 1.29 is 14.1 Å². The summed E-state index contributed by atoms with van der Waals surface area (Å²) in [5.41, 5.74) is 3.58. The second kappa shape index (κ2) is 8.01. The molecule has 0 spiro atoms.